The zero-order valence-electron chi connectivity index (χ0n) is 13.2. The highest BCUT2D eigenvalue weighted by atomic mass is 16.3. The molecule has 124 valence electrons. The standard InChI is InChI=1S/C18H15N5O2/c19-16-15(17-20-12-8-4-5-9-13(12)21-17)14(24)10-23(16)22-18(25)11-6-2-1-3-7-11/h1-9,19,24H,10H2,(H,20,21)(H,22,25). The fraction of sp³-hybridized carbons (Fsp3) is 0.0556. The topological polar surface area (TPSA) is 105 Å². The van der Waals surface area contributed by atoms with E-state index in [0.717, 1.165) is 11.0 Å². The number of H-pyrrole nitrogens is 1. The summed E-state index contributed by atoms with van der Waals surface area (Å²) >= 11 is 0. The van der Waals surface area contributed by atoms with Crippen molar-refractivity contribution in [3.63, 3.8) is 0 Å². The van der Waals surface area contributed by atoms with Crippen LogP contribution in [0.4, 0.5) is 0 Å². The van der Waals surface area contributed by atoms with Gasteiger partial charge in [0.05, 0.1) is 17.6 Å². The van der Waals surface area contributed by atoms with Gasteiger partial charge in [0, 0.05) is 5.56 Å². The highest BCUT2D eigenvalue weighted by Crippen LogP contribution is 2.26. The van der Waals surface area contributed by atoms with Gasteiger partial charge in [-0.15, -0.1) is 0 Å². The Kier molecular flexibility index (Phi) is 3.46. The monoisotopic (exact) mass is 333 g/mol. The van der Waals surface area contributed by atoms with Gasteiger partial charge in [0.25, 0.3) is 5.91 Å². The number of aromatic amines is 1. The van der Waals surface area contributed by atoms with Crippen molar-refractivity contribution in [1.29, 1.82) is 5.41 Å². The number of aliphatic hydroxyl groups is 1. The van der Waals surface area contributed by atoms with Gasteiger partial charge in [0.1, 0.15) is 17.2 Å². The van der Waals surface area contributed by atoms with E-state index < -0.39 is 0 Å². The predicted molar refractivity (Wildman–Crippen MR) is 94.0 cm³/mol. The van der Waals surface area contributed by atoms with Gasteiger partial charge in [-0.2, -0.15) is 0 Å². The van der Waals surface area contributed by atoms with E-state index in [-0.39, 0.29) is 29.6 Å². The highest BCUT2D eigenvalue weighted by Gasteiger charge is 2.31. The highest BCUT2D eigenvalue weighted by molar-refractivity contribution is 6.23. The van der Waals surface area contributed by atoms with Crippen molar-refractivity contribution in [2.75, 3.05) is 6.54 Å². The zero-order chi connectivity index (χ0) is 17.4. The van der Waals surface area contributed by atoms with E-state index in [9.17, 15) is 9.90 Å². The molecule has 0 bridgehead atoms. The van der Waals surface area contributed by atoms with Crippen molar-refractivity contribution in [2.45, 2.75) is 0 Å². The molecular formula is C18H15N5O2. The number of hydrogen-bond acceptors (Lipinski definition) is 4. The van der Waals surface area contributed by atoms with Crippen molar-refractivity contribution in [3.8, 4) is 0 Å². The Bertz CT molecular complexity index is 973. The molecule has 0 fully saturated rings. The summed E-state index contributed by atoms with van der Waals surface area (Å²) in [5, 5.41) is 19.9. The SMILES string of the molecule is N=C1C(c2nc3ccccc3[nH]2)=C(O)CN1NC(=O)c1ccccc1. The Morgan fingerprint density at radius 2 is 1.88 bits per heavy atom. The lowest BCUT2D eigenvalue weighted by Crippen LogP contribution is -2.43. The third-order valence-electron chi connectivity index (χ3n) is 4.00. The van der Waals surface area contributed by atoms with Crippen LogP contribution in [0.15, 0.2) is 60.4 Å². The molecule has 1 aromatic heterocycles. The number of fused-ring (bicyclic) bond motifs is 1. The van der Waals surface area contributed by atoms with Gasteiger partial charge in [0.2, 0.25) is 0 Å². The number of imidazole rings is 1. The first kappa shape index (κ1) is 14.9. The van der Waals surface area contributed by atoms with E-state index in [1.807, 2.05) is 30.3 Å². The van der Waals surface area contributed by atoms with Gasteiger partial charge in [-0.1, -0.05) is 30.3 Å². The third kappa shape index (κ3) is 2.61. The first-order valence-electron chi connectivity index (χ1n) is 7.73. The average molecular weight is 333 g/mol. The molecule has 2 heterocycles. The molecule has 1 aliphatic heterocycles. The summed E-state index contributed by atoms with van der Waals surface area (Å²) in [6, 6.07) is 16.2. The molecule has 1 aliphatic rings. The molecule has 25 heavy (non-hydrogen) atoms. The molecule has 4 rings (SSSR count). The molecule has 0 radical (unpaired) electrons. The molecule has 0 saturated carbocycles. The fourth-order valence-corrected chi connectivity index (χ4v) is 2.77. The van der Waals surface area contributed by atoms with Crippen LogP contribution in [0.5, 0.6) is 0 Å². The van der Waals surface area contributed by atoms with Crippen molar-refractivity contribution in [2.24, 2.45) is 0 Å². The van der Waals surface area contributed by atoms with Crippen LogP contribution in [0.25, 0.3) is 16.6 Å². The average Bonchev–Trinajstić information content (AvgIpc) is 3.16. The van der Waals surface area contributed by atoms with Crippen molar-refractivity contribution in [1.82, 2.24) is 20.4 Å². The van der Waals surface area contributed by atoms with Crippen molar-refractivity contribution < 1.29 is 9.90 Å². The van der Waals surface area contributed by atoms with Gasteiger partial charge < -0.3 is 10.1 Å². The lowest BCUT2D eigenvalue weighted by molar-refractivity contribution is 0.0874. The van der Waals surface area contributed by atoms with Crippen LogP contribution in [0.1, 0.15) is 16.2 Å². The van der Waals surface area contributed by atoms with Crippen LogP contribution in [0.3, 0.4) is 0 Å². The summed E-state index contributed by atoms with van der Waals surface area (Å²) in [6.07, 6.45) is 0. The number of rotatable bonds is 3. The van der Waals surface area contributed by atoms with Crippen LogP contribution >= 0.6 is 0 Å². The number of carbonyl (C=O) groups is 1. The molecule has 2 aromatic carbocycles. The van der Waals surface area contributed by atoms with Crippen LogP contribution < -0.4 is 5.43 Å². The van der Waals surface area contributed by atoms with Gasteiger partial charge in [-0.25, -0.2) is 4.98 Å². The summed E-state index contributed by atoms with van der Waals surface area (Å²) in [6.45, 7) is 0.0176. The second kappa shape index (κ2) is 5.79. The maximum Gasteiger partial charge on any atom is 0.269 e. The number of hydrazine groups is 1. The van der Waals surface area contributed by atoms with Crippen LogP contribution in [0, 0.1) is 5.41 Å². The minimum Gasteiger partial charge on any atom is -0.509 e. The summed E-state index contributed by atoms with van der Waals surface area (Å²) < 4.78 is 0. The molecule has 0 saturated heterocycles. The molecule has 4 N–H and O–H groups in total. The number of nitrogens with zero attached hydrogens (tertiary/aromatic N) is 2. The Hall–Kier alpha value is -3.61. The summed E-state index contributed by atoms with van der Waals surface area (Å²) in [5.41, 5.74) is 4.96. The Morgan fingerprint density at radius 3 is 2.64 bits per heavy atom. The molecule has 0 spiro atoms. The zero-order valence-corrected chi connectivity index (χ0v) is 13.2. The Labute approximate surface area is 143 Å². The number of benzene rings is 2. The Morgan fingerprint density at radius 1 is 1.16 bits per heavy atom. The van der Waals surface area contributed by atoms with E-state index in [4.69, 9.17) is 5.41 Å². The van der Waals surface area contributed by atoms with Gasteiger partial charge in [-0.3, -0.25) is 20.6 Å². The predicted octanol–water partition coefficient (Wildman–Crippen LogP) is 2.47. The quantitative estimate of drug-likeness (QED) is 0.591. The van der Waals surface area contributed by atoms with E-state index in [1.54, 1.807) is 24.3 Å². The van der Waals surface area contributed by atoms with Crippen LogP contribution in [-0.2, 0) is 0 Å². The summed E-state index contributed by atoms with van der Waals surface area (Å²) in [5.74, 6) is 0.0300. The maximum atomic E-state index is 12.3. The molecule has 0 aliphatic carbocycles. The number of para-hydroxylation sites is 2. The first-order chi connectivity index (χ1) is 12.1. The van der Waals surface area contributed by atoms with E-state index in [2.05, 4.69) is 15.4 Å². The van der Waals surface area contributed by atoms with Crippen LogP contribution in [0.2, 0.25) is 0 Å². The summed E-state index contributed by atoms with van der Waals surface area (Å²) in [4.78, 5) is 19.8. The minimum absolute atomic E-state index is 0.0131. The van der Waals surface area contributed by atoms with E-state index in [1.165, 1.54) is 5.01 Å². The largest absolute Gasteiger partial charge is 0.509 e. The number of aliphatic hydroxyl groups excluding tert-OH is 1. The molecule has 3 aromatic rings. The molecule has 7 nitrogen and oxygen atoms in total. The number of carbonyl (C=O) groups excluding carboxylic acids is 1. The summed E-state index contributed by atoms with van der Waals surface area (Å²) in [7, 11) is 0. The number of hydrogen-bond donors (Lipinski definition) is 4. The number of nitrogens with one attached hydrogen (secondary N) is 3. The maximum absolute atomic E-state index is 12.3. The van der Waals surface area contributed by atoms with E-state index in [0.29, 0.717) is 11.4 Å². The first-order valence-corrected chi connectivity index (χ1v) is 7.73. The third-order valence-corrected chi connectivity index (χ3v) is 4.00. The molecule has 0 atom stereocenters. The molecule has 1 amide bonds. The van der Waals surface area contributed by atoms with Gasteiger partial charge >= 0.3 is 0 Å². The molecule has 7 heteroatoms. The normalized spacial score (nSPS) is 14.4. The lowest BCUT2D eigenvalue weighted by Gasteiger charge is -2.19. The van der Waals surface area contributed by atoms with E-state index >= 15 is 0 Å². The second-order valence-electron chi connectivity index (χ2n) is 5.67. The van der Waals surface area contributed by atoms with Gasteiger partial charge in [-0.05, 0) is 24.3 Å². The molecule has 0 unspecified atom stereocenters. The lowest BCUT2D eigenvalue weighted by atomic mass is 10.2. The van der Waals surface area contributed by atoms with Crippen molar-refractivity contribution >= 4 is 28.3 Å². The van der Waals surface area contributed by atoms with Crippen LogP contribution in [-0.4, -0.2) is 38.4 Å². The number of amidine groups is 1. The Balaban J connectivity index is 1.58. The number of amides is 1. The number of aromatic nitrogens is 2. The minimum atomic E-state index is -0.344. The smallest absolute Gasteiger partial charge is 0.269 e. The molecular weight excluding hydrogens is 318 g/mol. The fourth-order valence-electron chi connectivity index (χ4n) is 2.77. The van der Waals surface area contributed by atoms with Crippen molar-refractivity contribution in [3.05, 3.63) is 71.7 Å². The second-order valence-corrected chi connectivity index (χ2v) is 5.67. The van der Waals surface area contributed by atoms with Gasteiger partial charge in [0.15, 0.2) is 5.84 Å².